The molecule has 3 rings (SSSR count). The zero-order valence-electron chi connectivity index (χ0n) is 16.7. The van der Waals surface area contributed by atoms with Crippen LogP contribution in [0.3, 0.4) is 0 Å². The third-order valence-corrected chi connectivity index (χ3v) is 4.53. The molecule has 0 saturated carbocycles. The molecule has 0 spiro atoms. The van der Waals surface area contributed by atoms with Gasteiger partial charge in [-0.2, -0.15) is 0 Å². The summed E-state index contributed by atoms with van der Waals surface area (Å²) in [6.07, 6.45) is 1.71. The van der Waals surface area contributed by atoms with Crippen molar-refractivity contribution in [2.45, 2.75) is 20.1 Å². The summed E-state index contributed by atoms with van der Waals surface area (Å²) in [5, 5.41) is 3.85. The molecule has 5 nitrogen and oxygen atoms in total. The van der Waals surface area contributed by atoms with Gasteiger partial charge in [-0.15, -0.1) is 0 Å². The molecule has 0 aliphatic heterocycles. The zero-order valence-corrected chi connectivity index (χ0v) is 17.4. The number of pyridine rings is 1. The highest BCUT2D eigenvalue weighted by molar-refractivity contribution is 6.32. The van der Waals surface area contributed by atoms with Gasteiger partial charge in [0.15, 0.2) is 11.5 Å². The molecule has 0 saturated heterocycles. The number of hydrogen-bond acceptors (Lipinski definition) is 5. The second kappa shape index (κ2) is 10.7. The first-order valence-electron chi connectivity index (χ1n) is 9.45. The zero-order chi connectivity index (χ0) is 20.5. The molecule has 0 bridgehead atoms. The molecule has 1 heterocycles. The van der Waals surface area contributed by atoms with Crippen molar-refractivity contribution in [2.75, 3.05) is 20.3 Å². The summed E-state index contributed by atoms with van der Waals surface area (Å²) in [5.41, 5.74) is 3.28. The molecule has 0 atom stereocenters. The van der Waals surface area contributed by atoms with E-state index in [1.54, 1.807) is 13.3 Å². The monoisotopic (exact) mass is 412 g/mol. The van der Waals surface area contributed by atoms with Crippen LogP contribution in [0.4, 0.5) is 0 Å². The van der Waals surface area contributed by atoms with Crippen LogP contribution in [0, 0.1) is 6.92 Å². The van der Waals surface area contributed by atoms with Crippen LogP contribution in [-0.4, -0.2) is 25.2 Å². The van der Waals surface area contributed by atoms with Crippen LogP contribution in [-0.2, 0) is 13.2 Å². The standard InChI is InChI=1S/C23H25ClN2O3/c1-17-6-5-7-18(12-17)16-29-23-20(24)13-19(14-21(23)27-2)15-25-10-11-28-22-8-3-4-9-26-22/h3-9,12-14,25H,10-11,15-16H2,1-2H3. The Morgan fingerprint density at radius 2 is 1.90 bits per heavy atom. The summed E-state index contributed by atoms with van der Waals surface area (Å²) < 4.78 is 17.0. The fourth-order valence-corrected chi connectivity index (χ4v) is 3.15. The Bertz CT molecular complexity index is 919. The SMILES string of the molecule is COc1cc(CNCCOc2ccccn2)cc(Cl)c1OCc1cccc(C)c1. The van der Waals surface area contributed by atoms with Gasteiger partial charge in [0.2, 0.25) is 5.88 Å². The van der Waals surface area contributed by atoms with Crippen molar-refractivity contribution in [3.8, 4) is 17.4 Å². The maximum atomic E-state index is 6.47. The van der Waals surface area contributed by atoms with Crippen LogP contribution in [0.25, 0.3) is 0 Å². The maximum absolute atomic E-state index is 6.47. The Morgan fingerprint density at radius 1 is 1.00 bits per heavy atom. The topological polar surface area (TPSA) is 52.6 Å². The minimum atomic E-state index is 0.431. The van der Waals surface area contributed by atoms with Crippen molar-refractivity contribution in [1.29, 1.82) is 0 Å². The minimum absolute atomic E-state index is 0.431. The van der Waals surface area contributed by atoms with Crippen molar-refractivity contribution < 1.29 is 14.2 Å². The van der Waals surface area contributed by atoms with Crippen LogP contribution in [0.1, 0.15) is 16.7 Å². The number of aromatic nitrogens is 1. The Morgan fingerprint density at radius 3 is 2.66 bits per heavy atom. The molecule has 1 aromatic heterocycles. The number of aryl methyl sites for hydroxylation is 1. The van der Waals surface area contributed by atoms with Crippen LogP contribution >= 0.6 is 11.6 Å². The van der Waals surface area contributed by atoms with Gasteiger partial charge in [0.1, 0.15) is 13.2 Å². The van der Waals surface area contributed by atoms with E-state index in [4.69, 9.17) is 25.8 Å². The van der Waals surface area contributed by atoms with Crippen molar-refractivity contribution in [2.24, 2.45) is 0 Å². The summed E-state index contributed by atoms with van der Waals surface area (Å²) in [5.74, 6) is 1.79. The summed E-state index contributed by atoms with van der Waals surface area (Å²) in [7, 11) is 1.61. The number of methoxy groups -OCH3 is 1. The highest BCUT2D eigenvalue weighted by atomic mass is 35.5. The van der Waals surface area contributed by atoms with Crippen molar-refractivity contribution in [3.63, 3.8) is 0 Å². The molecule has 0 aliphatic carbocycles. The van der Waals surface area contributed by atoms with Gasteiger partial charge in [0, 0.05) is 25.4 Å². The predicted octanol–water partition coefficient (Wildman–Crippen LogP) is 4.80. The van der Waals surface area contributed by atoms with Gasteiger partial charge in [-0.3, -0.25) is 0 Å². The van der Waals surface area contributed by atoms with Gasteiger partial charge >= 0.3 is 0 Å². The average Bonchev–Trinajstić information content (AvgIpc) is 2.73. The number of rotatable bonds is 10. The normalized spacial score (nSPS) is 10.6. The van der Waals surface area contributed by atoms with Crippen molar-refractivity contribution >= 4 is 11.6 Å². The molecule has 0 radical (unpaired) electrons. The molecule has 29 heavy (non-hydrogen) atoms. The predicted molar refractivity (Wildman–Crippen MR) is 115 cm³/mol. The fraction of sp³-hybridized carbons (Fsp3) is 0.261. The largest absolute Gasteiger partial charge is 0.493 e. The number of benzene rings is 2. The highest BCUT2D eigenvalue weighted by Crippen LogP contribution is 2.37. The molecule has 3 aromatic rings. The molecule has 152 valence electrons. The first-order chi connectivity index (χ1) is 14.2. The average molecular weight is 413 g/mol. The molecule has 0 amide bonds. The Hall–Kier alpha value is -2.76. The van der Waals surface area contributed by atoms with Crippen LogP contribution in [0.5, 0.6) is 17.4 Å². The van der Waals surface area contributed by atoms with Crippen LogP contribution in [0.2, 0.25) is 5.02 Å². The van der Waals surface area contributed by atoms with E-state index in [1.807, 2.05) is 42.5 Å². The van der Waals surface area contributed by atoms with E-state index in [2.05, 4.69) is 29.4 Å². The minimum Gasteiger partial charge on any atom is -0.493 e. The lowest BCUT2D eigenvalue weighted by atomic mass is 10.1. The highest BCUT2D eigenvalue weighted by Gasteiger charge is 2.12. The summed E-state index contributed by atoms with van der Waals surface area (Å²) >= 11 is 6.47. The third-order valence-electron chi connectivity index (χ3n) is 4.25. The molecule has 6 heteroatoms. The number of halogens is 1. The lowest BCUT2D eigenvalue weighted by Crippen LogP contribution is -2.20. The molecule has 0 aliphatic rings. The summed E-state index contributed by atoms with van der Waals surface area (Å²) in [6.45, 7) is 4.34. The van der Waals surface area contributed by atoms with Crippen molar-refractivity contribution in [3.05, 3.63) is 82.5 Å². The maximum Gasteiger partial charge on any atom is 0.213 e. The summed E-state index contributed by atoms with van der Waals surface area (Å²) in [4.78, 5) is 4.12. The quantitative estimate of drug-likeness (QED) is 0.485. The van der Waals surface area contributed by atoms with E-state index in [-0.39, 0.29) is 0 Å². The van der Waals surface area contributed by atoms with E-state index in [1.165, 1.54) is 5.56 Å². The van der Waals surface area contributed by atoms with Gasteiger partial charge in [-0.25, -0.2) is 4.98 Å². The van der Waals surface area contributed by atoms with Gasteiger partial charge < -0.3 is 19.5 Å². The third kappa shape index (κ3) is 6.38. The van der Waals surface area contributed by atoms with Crippen LogP contribution < -0.4 is 19.5 Å². The molecule has 2 aromatic carbocycles. The first kappa shape index (κ1) is 21.0. The second-order valence-electron chi connectivity index (χ2n) is 6.58. The van der Waals surface area contributed by atoms with Gasteiger partial charge in [0.25, 0.3) is 0 Å². The Balaban J connectivity index is 1.53. The molecule has 1 N–H and O–H groups in total. The lowest BCUT2D eigenvalue weighted by molar-refractivity contribution is 0.284. The van der Waals surface area contributed by atoms with Gasteiger partial charge in [0.05, 0.1) is 12.1 Å². The van der Waals surface area contributed by atoms with Crippen LogP contribution in [0.15, 0.2) is 60.8 Å². The molecular formula is C23H25ClN2O3. The van der Waals surface area contributed by atoms with Gasteiger partial charge in [-0.05, 0) is 36.2 Å². The fourth-order valence-electron chi connectivity index (χ4n) is 2.87. The Kier molecular flexibility index (Phi) is 7.73. The van der Waals surface area contributed by atoms with E-state index in [9.17, 15) is 0 Å². The number of hydrogen-bond donors (Lipinski definition) is 1. The molecule has 0 fully saturated rings. The van der Waals surface area contributed by atoms with Gasteiger partial charge in [-0.1, -0.05) is 47.5 Å². The number of nitrogens with zero attached hydrogens (tertiary/aromatic N) is 1. The number of ether oxygens (including phenoxy) is 3. The number of nitrogens with one attached hydrogen (secondary N) is 1. The lowest BCUT2D eigenvalue weighted by Gasteiger charge is -2.15. The van der Waals surface area contributed by atoms with E-state index in [0.717, 1.165) is 11.1 Å². The first-order valence-corrected chi connectivity index (χ1v) is 9.83. The second-order valence-corrected chi connectivity index (χ2v) is 6.99. The van der Waals surface area contributed by atoms with Crippen molar-refractivity contribution in [1.82, 2.24) is 10.3 Å². The van der Waals surface area contributed by atoms with E-state index < -0.39 is 0 Å². The summed E-state index contributed by atoms with van der Waals surface area (Å²) in [6, 6.07) is 17.6. The van der Waals surface area contributed by atoms with E-state index in [0.29, 0.717) is 48.7 Å². The van der Waals surface area contributed by atoms with E-state index >= 15 is 0 Å². The molecular weight excluding hydrogens is 388 g/mol. The molecule has 0 unspecified atom stereocenters. The smallest absolute Gasteiger partial charge is 0.213 e. The Labute approximate surface area is 176 Å².